The minimum absolute atomic E-state index is 0.307. The Morgan fingerprint density at radius 3 is 1.81 bits per heavy atom. The van der Waals surface area contributed by atoms with Gasteiger partial charge in [0.2, 0.25) is 11.4 Å². The Balaban J connectivity index is 2.05. The fourth-order valence-corrected chi connectivity index (χ4v) is 3.50. The van der Waals surface area contributed by atoms with Crippen LogP contribution in [0.4, 0.5) is 0 Å². The van der Waals surface area contributed by atoms with Crippen molar-refractivity contribution in [2.45, 2.75) is 19.9 Å². The van der Waals surface area contributed by atoms with Gasteiger partial charge in [-0.15, -0.1) is 0 Å². The van der Waals surface area contributed by atoms with Crippen molar-refractivity contribution < 1.29 is 4.57 Å². The lowest BCUT2D eigenvalue weighted by Crippen LogP contribution is -2.41. The van der Waals surface area contributed by atoms with Gasteiger partial charge < -0.3 is 0 Å². The fourth-order valence-electron chi connectivity index (χ4n) is 3.50. The van der Waals surface area contributed by atoms with Crippen LogP contribution in [0.25, 0.3) is 33.8 Å². The van der Waals surface area contributed by atoms with Gasteiger partial charge in [0.15, 0.2) is 6.04 Å². The van der Waals surface area contributed by atoms with Gasteiger partial charge in [0.1, 0.15) is 5.69 Å². The zero-order chi connectivity index (χ0) is 18.6. The third kappa shape index (κ3) is 3.52. The van der Waals surface area contributed by atoms with Crippen molar-refractivity contribution in [1.29, 1.82) is 0 Å². The molecule has 0 N–H and O–H groups in total. The molecule has 0 unspecified atom stereocenters. The molecule has 132 valence electrons. The van der Waals surface area contributed by atoms with Crippen LogP contribution in [0.5, 0.6) is 0 Å². The monoisotopic (exact) mass is 351 g/mol. The van der Waals surface area contributed by atoms with E-state index in [0.717, 1.165) is 11.4 Å². The van der Waals surface area contributed by atoms with E-state index in [1.165, 1.54) is 22.4 Å². The number of hydrogen-bond acceptors (Lipinski definition) is 1. The average molecular weight is 351 g/mol. The summed E-state index contributed by atoms with van der Waals surface area (Å²) in [7, 11) is 0. The van der Waals surface area contributed by atoms with E-state index in [4.69, 9.17) is 0 Å². The van der Waals surface area contributed by atoms with Crippen molar-refractivity contribution in [2.75, 3.05) is 0 Å². The number of benzene rings is 2. The summed E-state index contributed by atoms with van der Waals surface area (Å²) in [4.78, 5) is 4.64. The Morgan fingerprint density at radius 1 is 0.630 bits per heavy atom. The first-order chi connectivity index (χ1) is 13.2. The van der Waals surface area contributed by atoms with Crippen LogP contribution in [0.2, 0.25) is 0 Å². The summed E-state index contributed by atoms with van der Waals surface area (Å²) in [6, 6.07) is 32.1. The van der Waals surface area contributed by atoms with Crippen molar-refractivity contribution in [2.24, 2.45) is 0 Å². The van der Waals surface area contributed by atoms with Crippen LogP contribution in [0.3, 0.4) is 0 Å². The molecule has 0 aliphatic heterocycles. The maximum Gasteiger partial charge on any atom is 0.232 e. The van der Waals surface area contributed by atoms with Crippen LogP contribution >= 0.6 is 0 Å². The second-order valence-corrected chi connectivity index (χ2v) is 6.93. The first kappa shape index (κ1) is 17.2. The molecule has 4 rings (SSSR count). The smallest absolute Gasteiger partial charge is 0.232 e. The molecule has 2 aromatic carbocycles. The van der Waals surface area contributed by atoms with Crippen molar-refractivity contribution in [3.63, 3.8) is 0 Å². The van der Waals surface area contributed by atoms with Gasteiger partial charge in [0, 0.05) is 23.9 Å². The van der Waals surface area contributed by atoms with Crippen LogP contribution in [-0.4, -0.2) is 4.98 Å². The van der Waals surface area contributed by atoms with Gasteiger partial charge in [0.25, 0.3) is 0 Å². The Kier molecular flexibility index (Phi) is 4.80. The van der Waals surface area contributed by atoms with Gasteiger partial charge in [-0.1, -0.05) is 54.6 Å². The van der Waals surface area contributed by atoms with Crippen molar-refractivity contribution in [3.8, 4) is 33.8 Å². The summed E-state index contributed by atoms with van der Waals surface area (Å²) in [5, 5.41) is 0. The fraction of sp³-hybridized carbons (Fsp3) is 0.120. The highest BCUT2D eigenvalue weighted by Gasteiger charge is 2.25. The average Bonchev–Trinajstić information content (AvgIpc) is 2.74. The van der Waals surface area contributed by atoms with E-state index in [2.05, 4.69) is 102 Å². The van der Waals surface area contributed by atoms with Crippen LogP contribution in [0.15, 0.2) is 97.2 Å². The van der Waals surface area contributed by atoms with Crippen molar-refractivity contribution in [3.05, 3.63) is 97.2 Å². The third-order valence-electron chi connectivity index (χ3n) is 4.72. The summed E-state index contributed by atoms with van der Waals surface area (Å²) < 4.78 is 2.38. The maximum atomic E-state index is 4.64. The lowest BCUT2D eigenvalue weighted by molar-refractivity contribution is -0.695. The summed E-state index contributed by atoms with van der Waals surface area (Å²) in [6.07, 6.45) is 1.86. The summed E-state index contributed by atoms with van der Waals surface area (Å²) in [5.74, 6) is 0. The lowest BCUT2D eigenvalue weighted by atomic mass is 9.99. The molecule has 0 spiro atoms. The normalized spacial score (nSPS) is 10.9. The lowest BCUT2D eigenvalue weighted by Gasteiger charge is -2.14. The standard InChI is InChI=1S/C25H23N2/c1-19(2)27-24(21-13-7-4-8-14-21)17-22(20-11-5-3-6-12-20)18-25(27)23-15-9-10-16-26-23/h3-19H,1-2H3/q+1. The first-order valence-corrected chi connectivity index (χ1v) is 9.36. The first-order valence-electron chi connectivity index (χ1n) is 9.36. The number of rotatable bonds is 4. The van der Waals surface area contributed by atoms with Crippen LogP contribution in [-0.2, 0) is 0 Å². The quantitative estimate of drug-likeness (QED) is 0.415. The molecule has 0 saturated heterocycles. The second-order valence-electron chi connectivity index (χ2n) is 6.93. The number of aromatic nitrogens is 2. The maximum absolute atomic E-state index is 4.64. The largest absolute Gasteiger partial charge is 0.250 e. The molecule has 0 radical (unpaired) electrons. The minimum atomic E-state index is 0.307. The molecule has 2 nitrogen and oxygen atoms in total. The summed E-state index contributed by atoms with van der Waals surface area (Å²) in [6.45, 7) is 4.45. The van der Waals surface area contributed by atoms with Crippen LogP contribution < -0.4 is 4.57 Å². The molecular weight excluding hydrogens is 328 g/mol. The van der Waals surface area contributed by atoms with Crippen LogP contribution in [0, 0.1) is 0 Å². The Hall–Kier alpha value is -3.26. The van der Waals surface area contributed by atoms with Gasteiger partial charge in [-0.3, -0.25) is 0 Å². The molecule has 2 heterocycles. The molecular formula is C25H23N2+. The molecule has 0 aliphatic carbocycles. The molecule has 27 heavy (non-hydrogen) atoms. The number of nitrogens with zero attached hydrogens (tertiary/aromatic N) is 2. The molecule has 0 amide bonds. The van der Waals surface area contributed by atoms with E-state index in [1.54, 1.807) is 0 Å². The Labute approximate surface area is 160 Å². The SMILES string of the molecule is CC(C)[n+]1c(-c2ccccc2)cc(-c2ccccc2)cc1-c1ccccn1. The van der Waals surface area contributed by atoms with E-state index >= 15 is 0 Å². The zero-order valence-electron chi connectivity index (χ0n) is 15.7. The molecule has 0 atom stereocenters. The van der Waals surface area contributed by atoms with Gasteiger partial charge >= 0.3 is 0 Å². The summed E-state index contributed by atoms with van der Waals surface area (Å²) >= 11 is 0. The van der Waals surface area contributed by atoms with E-state index < -0.39 is 0 Å². The molecule has 2 aromatic heterocycles. The molecule has 4 aromatic rings. The van der Waals surface area contributed by atoms with E-state index in [9.17, 15) is 0 Å². The Bertz CT molecular complexity index is 963. The van der Waals surface area contributed by atoms with E-state index in [0.29, 0.717) is 6.04 Å². The summed E-state index contributed by atoms with van der Waals surface area (Å²) in [5.41, 5.74) is 6.94. The van der Waals surface area contributed by atoms with E-state index in [1.807, 2.05) is 18.3 Å². The highest BCUT2D eigenvalue weighted by Crippen LogP contribution is 2.29. The second kappa shape index (κ2) is 7.55. The predicted octanol–water partition coefficient (Wildman–Crippen LogP) is 5.95. The van der Waals surface area contributed by atoms with E-state index in [-0.39, 0.29) is 0 Å². The zero-order valence-corrected chi connectivity index (χ0v) is 15.7. The van der Waals surface area contributed by atoms with Gasteiger partial charge in [-0.2, -0.15) is 4.57 Å². The van der Waals surface area contributed by atoms with Gasteiger partial charge in [-0.25, -0.2) is 4.98 Å². The van der Waals surface area contributed by atoms with Crippen LogP contribution in [0.1, 0.15) is 19.9 Å². The van der Waals surface area contributed by atoms with Crippen molar-refractivity contribution in [1.82, 2.24) is 4.98 Å². The van der Waals surface area contributed by atoms with Gasteiger partial charge in [0.05, 0.1) is 0 Å². The topological polar surface area (TPSA) is 16.8 Å². The molecule has 0 fully saturated rings. The number of pyridine rings is 2. The highest BCUT2D eigenvalue weighted by atomic mass is 15.0. The molecule has 0 bridgehead atoms. The Morgan fingerprint density at radius 2 is 1.22 bits per heavy atom. The highest BCUT2D eigenvalue weighted by molar-refractivity contribution is 5.72. The van der Waals surface area contributed by atoms with Gasteiger partial charge in [-0.05, 0) is 49.2 Å². The molecule has 2 heteroatoms. The molecule has 0 aliphatic rings. The third-order valence-corrected chi connectivity index (χ3v) is 4.72. The predicted molar refractivity (Wildman–Crippen MR) is 111 cm³/mol. The number of hydrogen-bond donors (Lipinski definition) is 0. The van der Waals surface area contributed by atoms with Crippen molar-refractivity contribution >= 4 is 0 Å². The molecule has 0 saturated carbocycles. The minimum Gasteiger partial charge on any atom is -0.250 e.